The van der Waals surface area contributed by atoms with E-state index in [1.807, 2.05) is 4.57 Å². The fourth-order valence-electron chi connectivity index (χ4n) is 3.64. The van der Waals surface area contributed by atoms with Gasteiger partial charge in [-0.2, -0.15) is 0 Å². The van der Waals surface area contributed by atoms with E-state index in [1.165, 1.54) is 24.3 Å². The van der Waals surface area contributed by atoms with Crippen molar-refractivity contribution in [3.63, 3.8) is 0 Å². The molecular formula is C25H23F2N5O2. The van der Waals surface area contributed by atoms with Crippen LogP contribution in [0.1, 0.15) is 26.0 Å². The largest absolute Gasteiger partial charge is 0.345 e. The number of imidazole rings is 1. The average molecular weight is 463 g/mol. The number of hydrogen-bond donors (Lipinski definition) is 1. The molecule has 0 bridgehead atoms. The Morgan fingerprint density at radius 2 is 1.56 bits per heavy atom. The first-order chi connectivity index (χ1) is 16.4. The summed E-state index contributed by atoms with van der Waals surface area (Å²) in [4.78, 5) is 13.5. The average Bonchev–Trinajstić information content (AvgIpc) is 3.26. The fourth-order valence-corrected chi connectivity index (χ4v) is 3.64. The molecule has 0 amide bonds. The van der Waals surface area contributed by atoms with Gasteiger partial charge in [0.05, 0.1) is 30.8 Å². The van der Waals surface area contributed by atoms with Crippen molar-refractivity contribution < 1.29 is 18.3 Å². The molecule has 2 aromatic heterocycles. The number of nitrogens with zero attached hydrogens (tertiary/aromatic N) is 4. The van der Waals surface area contributed by atoms with Gasteiger partial charge in [-0.15, -0.1) is 0 Å². The molecule has 34 heavy (non-hydrogen) atoms. The van der Waals surface area contributed by atoms with Crippen LogP contribution < -0.4 is 5.32 Å². The predicted molar refractivity (Wildman–Crippen MR) is 123 cm³/mol. The lowest BCUT2D eigenvalue weighted by Gasteiger charge is -2.34. The molecule has 4 aromatic rings. The number of aromatic nitrogens is 4. The summed E-state index contributed by atoms with van der Waals surface area (Å²) in [6.45, 7) is 5.17. The monoisotopic (exact) mass is 463 g/mol. The van der Waals surface area contributed by atoms with Gasteiger partial charge in [-0.05, 0) is 54.6 Å². The Kier molecular flexibility index (Phi) is 5.80. The second-order valence-corrected chi connectivity index (χ2v) is 8.83. The van der Waals surface area contributed by atoms with E-state index in [4.69, 9.17) is 9.47 Å². The molecule has 5 rings (SSSR count). The molecule has 1 N–H and O–H groups in total. The molecule has 174 valence electrons. The summed E-state index contributed by atoms with van der Waals surface area (Å²) in [6.07, 6.45) is 2.62. The smallest absolute Gasteiger partial charge is 0.227 e. The van der Waals surface area contributed by atoms with E-state index >= 15 is 0 Å². The maximum atomic E-state index is 13.7. The van der Waals surface area contributed by atoms with Crippen molar-refractivity contribution in [1.29, 1.82) is 0 Å². The van der Waals surface area contributed by atoms with Gasteiger partial charge in [-0.3, -0.25) is 4.57 Å². The van der Waals surface area contributed by atoms with Crippen molar-refractivity contribution in [3.05, 3.63) is 84.4 Å². The number of anilines is 2. The van der Waals surface area contributed by atoms with Gasteiger partial charge in [0.1, 0.15) is 11.6 Å². The van der Waals surface area contributed by atoms with Gasteiger partial charge >= 0.3 is 0 Å². The third kappa shape index (κ3) is 4.66. The minimum Gasteiger partial charge on any atom is -0.345 e. The highest BCUT2D eigenvalue weighted by atomic mass is 19.1. The summed E-state index contributed by atoms with van der Waals surface area (Å²) in [5.74, 6) is 0.200. The lowest BCUT2D eigenvalue weighted by Crippen LogP contribution is -2.34. The number of nitrogens with one attached hydrogen (secondary N) is 1. The van der Waals surface area contributed by atoms with E-state index < -0.39 is 6.29 Å². The lowest BCUT2D eigenvalue weighted by atomic mass is 9.96. The SMILES string of the molecule is CC1(C)COC(c2ncc(-c3ccnc(Nc4ccc(F)cc4)n3)n2-c2ccc(F)cc2)OC1. The van der Waals surface area contributed by atoms with Gasteiger partial charge in [0, 0.05) is 23.0 Å². The molecule has 1 aliphatic heterocycles. The first-order valence-corrected chi connectivity index (χ1v) is 10.8. The first-order valence-electron chi connectivity index (χ1n) is 10.8. The highest BCUT2D eigenvalue weighted by Crippen LogP contribution is 2.34. The molecule has 7 nitrogen and oxygen atoms in total. The van der Waals surface area contributed by atoms with E-state index in [2.05, 4.69) is 34.1 Å². The molecule has 0 atom stereocenters. The summed E-state index contributed by atoms with van der Waals surface area (Å²) in [6, 6.07) is 13.8. The number of benzene rings is 2. The van der Waals surface area contributed by atoms with Crippen LogP contribution in [0.15, 0.2) is 67.0 Å². The van der Waals surface area contributed by atoms with Crippen LogP contribution >= 0.6 is 0 Å². The van der Waals surface area contributed by atoms with Crippen LogP contribution in [0.3, 0.4) is 0 Å². The van der Waals surface area contributed by atoms with Crippen molar-refractivity contribution in [2.24, 2.45) is 5.41 Å². The van der Waals surface area contributed by atoms with E-state index in [1.54, 1.807) is 42.7 Å². The molecule has 3 heterocycles. The molecule has 1 aliphatic rings. The van der Waals surface area contributed by atoms with Crippen LogP contribution in [0, 0.1) is 17.0 Å². The van der Waals surface area contributed by atoms with Crippen LogP contribution in [0.5, 0.6) is 0 Å². The lowest BCUT2D eigenvalue weighted by molar-refractivity contribution is -0.230. The van der Waals surface area contributed by atoms with Crippen molar-refractivity contribution >= 4 is 11.6 Å². The predicted octanol–water partition coefficient (Wildman–Crippen LogP) is 5.42. The van der Waals surface area contributed by atoms with Crippen LogP contribution in [-0.2, 0) is 9.47 Å². The van der Waals surface area contributed by atoms with Crippen LogP contribution in [-0.4, -0.2) is 32.7 Å². The van der Waals surface area contributed by atoms with Gasteiger partial charge in [0.2, 0.25) is 12.2 Å². The standard InChI is InChI=1S/C25H23F2N5O2/c1-25(2)14-33-23(34-15-25)22-29-13-21(32(22)19-9-5-17(27)6-10-19)20-11-12-28-24(31-20)30-18-7-3-16(26)4-8-18/h3-13,23H,14-15H2,1-2H3,(H,28,30,31). The van der Waals surface area contributed by atoms with E-state index in [0.29, 0.717) is 47.7 Å². The summed E-state index contributed by atoms with van der Waals surface area (Å²) in [7, 11) is 0. The third-order valence-corrected chi connectivity index (χ3v) is 5.35. The Labute approximate surface area is 195 Å². The highest BCUT2D eigenvalue weighted by Gasteiger charge is 2.32. The summed E-state index contributed by atoms with van der Waals surface area (Å²) in [5.41, 5.74) is 2.48. The van der Waals surface area contributed by atoms with E-state index in [0.717, 1.165) is 0 Å². The molecule has 1 saturated heterocycles. The number of rotatable bonds is 5. The minimum atomic E-state index is -0.675. The summed E-state index contributed by atoms with van der Waals surface area (Å²) in [5, 5.41) is 3.07. The molecule has 2 aromatic carbocycles. The van der Waals surface area contributed by atoms with Crippen LogP contribution in [0.2, 0.25) is 0 Å². The van der Waals surface area contributed by atoms with Gasteiger partial charge in [-0.25, -0.2) is 23.7 Å². The number of halogens is 2. The number of ether oxygens (including phenoxy) is 2. The molecule has 0 saturated carbocycles. The molecule has 0 unspecified atom stereocenters. The normalized spacial score (nSPS) is 15.9. The molecule has 9 heteroatoms. The first kappa shape index (κ1) is 22.1. The maximum Gasteiger partial charge on any atom is 0.227 e. The quantitative estimate of drug-likeness (QED) is 0.426. The summed E-state index contributed by atoms with van der Waals surface area (Å²) < 4.78 is 40.7. The zero-order valence-electron chi connectivity index (χ0n) is 18.7. The minimum absolute atomic E-state index is 0.0970. The Morgan fingerprint density at radius 1 is 0.912 bits per heavy atom. The maximum absolute atomic E-state index is 13.7. The Hall–Kier alpha value is -3.69. The van der Waals surface area contributed by atoms with Crippen molar-refractivity contribution in [2.45, 2.75) is 20.1 Å². The van der Waals surface area contributed by atoms with Gasteiger partial charge in [0.15, 0.2) is 5.82 Å². The van der Waals surface area contributed by atoms with Gasteiger partial charge in [-0.1, -0.05) is 13.8 Å². The third-order valence-electron chi connectivity index (χ3n) is 5.35. The Bertz CT molecular complexity index is 1280. The number of hydrogen-bond acceptors (Lipinski definition) is 6. The van der Waals surface area contributed by atoms with E-state index in [9.17, 15) is 8.78 Å². The van der Waals surface area contributed by atoms with Crippen LogP contribution in [0.4, 0.5) is 20.4 Å². The Balaban J connectivity index is 1.53. The van der Waals surface area contributed by atoms with Gasteiger partial charge < -0.3 is 14.8 Å². The van der Waals surface area contributed by atoms with Crippen molar-refractivity contribution in [3.8, 4) is 17.1 Å². The topological polar surface area (TPSA) is 74.1 Å². The molecule has 1 fully saturated rings. The molecular weight excluding hydrogens is 440 g/mol. The molecule has 0 spiro atoms. The van der Waals surface area contributed by atoms with E-state index in [-0.39, 0.29) is 17.0 Å². The fraction of sp³-hybridized carbons (Fsp3) is 0.240. The summed E-state index contributed by atoms with van der Waals surface area (Å²) >= 11 is 0. The van der Waals surface area contributed by atoms with Crippen LogP contribution in [0.25, 0.3) is 17.1 Å². The second kappa shape index (κ2) is 8.92. The Morgan fingerprint density at radius 3 is 2.24 bits per heavy atom. The molecule has 0 radical (unpaired) electrons. The second-order valence-electron chi connectivity index (χ2n) is 8.83. The van der Waals surface area contributed by atoms with Crippen molar-refractivity contribution in [1.82, 2.24) is 19.5 Å². The van der Waals surface area contributed by atoms with Crippen molar-refractivity contribution in [2.75, 3.05) is 18.5 Å². The highest BCUT2D eigenvalue weighted by molar-refractivity contribution is 5.61. The zero-order chi connectivity index (χ0) is 23.7. The molecule has 0 aliphatic carbocycles. The van der Waals surface area contributed by atoms with Gasteiger partial charge in [0.25, 0.3) is 0 Å². The zero-order valence-corrected chi connectivity index (χ0v) is 18.7.